The highest BCUT2D eigenvalue weighted by Crippen LogP contribution is 2.19. The molecule has 0 amide bonds. The number of carbonyl (C=O) groups is 1. The van der Waals surface area contributed by atoms with Crippen LogP contribution in [0.1, 0.15) is 0 Å². The van der Waals surface area contributed by atoms with Crippen molar-refractivity contribution in [2.45, 2.75) is 0 Å². The Morgan fingerprint density at radius 2 is 2.13 bits per heavy atom. The van der Waals surface area contributed by atoms with Gasteiger partial charge in [0.1, 0.15) is 5.75 Å². The number of carbonyl (C=O) groups excluding carboxylic acids is 1. The minimum Gasteiger partial charge on any atom is -0.480 e. The van der Waals surface area contributed by atoms with E-state index in [1.54, 1.807) is 24.3 Å². The summed E-state index contributed by atoms with van der Waals surface area (Å²) in [4.78, 5) is 11.0. The number of methoxy groups -OCH3 is 1. The van der Waals surface area contributed by atoms with E-state index in [2.05, 4.69) is 9.47 Å². The first-order valence-corrected chi connectivity index (χ1v) is 4.36. The van der Waals surface area contributed by atoms with E-state index >= 15 is 0 Å². The van der Waals surface area contributed by atoms with E-state index in [1.165, 1.54) is 7.11 Å². The van der Waals surface area contributed by atoms with E-state index in [0.717, 1.165) is 0 Å². The zero-order valence-electron chi connectivity index (χ0n) is 8.43. The summed E-state index contributed by atoms with van der Waals surface area (Å²) in [7, 11) is 1.43. The lowest BCUT2D eigenvalue weighted by molar-refractivity contribution is -0.156. The van der Waals surface area contributed by atoms with Gasteiger partial charge in [-0.15, -0.1) is 0 Å². The molecule has 0 atom stereocenters. The van der Waals surface area contributed by atoms with Gasteiger partial charge >= 0.3 is 5.97 Å². The van der Waals surface area contributed by atoms with Crippen molar-refractivity contribution in [1.82, 2.24) is 0 Å². The van der Waals surface area contributed by atoms with Crippen molar-refractivity contribution in [3.05, 3.63) is 24.3 Å². The molecule has 1 aromatic rings. The summed E-state index contributed by atoms with van der Waals surface area (Å²) in [6, 6.07) is 6.92. The summed E-state index contributed by atoms with van der Waals surface area (Å²) >= 11 is 0. The van der Waals surface area contributed by atoms with Crippen LogP contribution in [0.3, 0.4) is 0 Å². The van der Waals surface area contributed by atoms with Crippen LogP contribution in [-0.2, 0) is 14.3 Å². The number of esters is 1. The summed E-state index contributed by atoms with van der Waals surface area (Å²) in [5, 5.41) is 0. The molecule has 0 spiro atoms. The number of ether oxygens (including phenoxy) is 3. The predicted octanol–water partition coefficient (Wildman–Crippen LogP) is 0.795. The number of rotatable bonds is 5. The van der Waals surface area contributed by atoms with E-state index in [-0.39, 0.29) is 13.4 Å². The second-order valence-corrected chi connectivity index (χ2v) is 2.75. The SMILES string of the molecule is COCOC(=O)COc1ccccc1N. The Bertz CT molecular complexity index is 327. The number of hydrogen-bond acceptors (Lipinski definition) is 5. The molecular formula is C10H13NO4. The van der Waals surface area contributed by atoms with Crippen LogP contribution in [0.25, 0.3) is 0 Å². The molecule has 0 saturated heterocycles. The van der Waals surface area contributed by atoms with Gasteiger partial charge in [0.2, 0.25) is 0 Å². The monoisotopic (exact) mass is 211 g/mol. The maximum Gasteiger partial charge on any atom is 0.346 e. The van der Waals surface area contributed by atoms with Gasteiger partial charge in [0.15, 0.2) is 13.4 Å². The third-order valence-corrected chi connectivity index (χ3v) is 1.60. The summed E-state index contributed by atoms with van der Waals surface area (Å²) in [5.41, 5.74) is 6.09. The van der Waals surface area contributed by atoms with Gasteiger partial charge in [0, 0.05) is 7.11 Å². The number of para-hydroxylation sites is 2. The van der Waals surface area contributed by atoms with Crippen molar-refractivity contribution in [3.63, 3.8) is 0 Å². The van der Waals surface area contributed by atoms with Crippen LogP contribution < -0.4 is 10.5 Å². The van der Waals surface area contributed by atoms with Crippen LogP contribution in [0.5, 0.6) is 5.75 Å². The lowest BCUT2D eigenvalue weighted by Gasteiger charge is -2.07. The maximum atomic E-state index is 11.0. The average Bonchev–Trinajstić information content (AvgIpc) is 2.25. The molecule has 1 rings (SSSR count). The predicted molar refractivity (Wildman–Crippen MR) is 54.3 cm³/mol. The molecule has 82 valence electrons. The number of benzene rings is 1. The first-order chi connectivity index (χ1) is 7.24. The molecule has 0 heterocycles. The molecule has 0 bridgehead atoms. The van der Waals surface area contributed by atoms with E-state index in [9.17, 15) is 4.79 Å². The second-order valence-electron chi connectivity index (χ2n) is 2.75. The molecule has 1 aromatic carbocycles. The van der Waals surface area contributed by atoms with Gasteiger partial charge in [-0.1, -0.05) is 12.1 Å². The highest BCUT2D eigenvalue weighted by Gasteiger charge is 2.05. The summed E-state index contributed by atoms with van der Waals surface area (Å²) in [6.45, 7) is -0.260. The Labute approximate surface area is 87.7 Å². The molecule has 5 heteroatoms. The third kappa shape index (κ3) is 3.86. The molecule has 0 unspecified atom stereocenters. The van der Waals surface area contributed by atoms with Crippen LogP contribution >= 0.6 is 0 Å². The molecule has 2 N–H and O–H groups in total. The van der Waals surface area contributed by atoms with Gasteiger partial charge in [-0.05, 0) is 12.1 Å². The number of anilines is 1. The van der Waals surface area contributed by atoms with E-state index in [4.69, 9.17) is 10.5 Å². The van der Waals surface area contributed by atoms with Gasteiger partial charge in [0.25, 0.3) is 0 Å². The van der Waals surface area contributed by atoms with Gasteiger partial charge in [0.05, 0.1) is 5.69 Å². The topological polar surface area (TPSA) is 70.8 Å². The largest absolute Gasteiger partial charge is 0.480 e. The standard InChI is InChI=1S/C10H13NO4/c1-13-7-15-10(12)6-14-9-5-3-2-4-8(9)11/h2-5H,6-7,11H2,1H3. The Balaban J connectivity index is 2.37. The highest BCUT2D eigenvalue weighted by molar-refractivity contribution is 5.71. The lowest BCUT2D eigenvalue weighted by atomic mass is 10.3. The molecular weight excluding hydrogens is 198 g/mol. The minimum atomic E-state index is -0.500. The summed E-state index contributed by atoms with van der Waals surface area (Å²) < 4.78 is 14.3. The van der Waals surface area contributed by atoms with Crippen LogP contribution in [0.4, 0.5) is 5.69 Å². The van der Waals surface area contributed by atoms with Gasteiger partial charge < -0.3 is 19.9 Å². The first kappa shape index (κ1) is 11.3. The molecule has 5 nitrogen and oxygen atoms in total. The smallest absolute Gasteiger partial charge is 0.346 e. The van der Waals surface area contributed by atoms with Crippen LogP contribution in [0, 0.1) is 0 Å². The fourth-order valence-corrected chi connectivity index (χ4v) is 0.915. The molecule has 0 radical (unpaired) electrons. The van der Waals surface area contributed by atoms with E-state index in [0.29, 0.717) is 11.4 Å². The lowest BCUT2D eigenvalue weighted by Crippen LogP contribution is -2.16. The zero-order valence-corrected chi connectivity index (χ0v) is 8.43. The molecule has 0 aliphatic heterocycles. The number of hydrogen-bond donors (Lipinski definition) is 1. The number of nitrogens with two attached hydrogens (primary N) is 1. The third-order valence-electron chi connectivity index (χ3n) is 1.60. The van der Waals surface area contributed by atoms with Crippen molar-refractivity contribution in [2.75, 3.05) is 26.2 Å². The summed E-state index contributed by atoms with van der Waals surface area (Å²) in [6.07, 6.45) is 0. The maximum absolute atomic E-state index is 11.0. The second kappa shape index (κ2) is 5.87. The quantitative estimate of drug-likeness (QED) is 0.443. The fraction of sp³-hybridized carbons (Fsp3) is 0.300. The Kier molecular flexibility index (Phi) is 4.43. The van der Waals surface area contributed by atoms with Crippen LogP contribution in [-0.4, -0.2) is 26.5 Å². The van der Waals surface area contributed by atoms with Crippen LogP contribution in [0.2, 0.25) is 0 Å². The molecule has 0 saturated carbocycles. The molecule has 15 heavy (non-hydrogen) atoms. The van der Waals surface area contributed by atoms with Crippen molar-refractivity contribution >= 4 is 11.7 Å². The van der Waals surface area contributed by atoms with Crippen molar-refractivity contribution in [3.8, 4) is 5.75 Å². The molecule has 0 aliphatic carbocycles. The Morgan fingerprint density at radius 1 is 1.40 bits per heavy atom. The Hall–Kier alpha value is -1.75. The fourth-order valence-electron chi connectivity index (χ4n) is 0.915. The normalized spacial score (nSPS) is 9.67. The van der Waals surface area contributed by atoms with E-state index < -0.39 is 5.97 Å². The van der Waals surface area contributed by atoms with Crippen molar-refractivity contribution < 1.29 is 19.0 Å². The molecule has 0 fully saturated rings. The van der Waals surface area contributed by atoms with Crippen molar-refractivity contribution in [2.24, 2.45) is 0 Å². The minimum absolute atomic E-state index is 0.0769. The average molecular weight is 211 g/mol. The molecule has 0 aromatic heterocycles. The number of nitrogen functional groups attached to an aromatic ring is 1. The first-order valence-electron chi connectivity index (χ1n) is 4.36. The van der Waals surface area contributed by atoms with Gasteiger partial charge in [-0.3, -0.25) is 0 Å². The van der Waals surface area contributed by atoms with Gasteiger partial charge in [-0.2, -0.15) is 0 Å². The van der Waals surface area contributed by atoms with Gasteiger partial charge in [-0.25, -0.2) is 4.79 Å². The van der Waals surface area contributed by atoms with Crippen LogP contribution in [0.15, 0.2) is 24.3 Å². The highest BCUT2D eigenvalue weighted by atomic mass is 16.7. The Morgan fingerprint density at radius 3 is 2.80 bits per heavy atom. The zero-order chi connectivity index (χ0) is 11.1. The van der Waals surface area contributed by atoms with E-state index in [1.807, 2.05) is 0 Å². The summed E-state index contributed by atoms with van der Waals surface area (Å²) in [5.74, 6) is -0.0352. The molecule has 0 aliphatic rings. The van der Waals surface area contributed by atoms with Crippen molar-refractivity contribution in [1.29, 1.82) is 0 Å².